The van der Waals surface area contributed by atoms with Crippen molar-refractivity contribution in [3.8, 4) is 67.4 Å². The van der Waals surface area contributed by atoms with Crippen molar-refractivity contribution >= 4 is 64.6 Å². The van der Waals surface area contributed by atoms with E-state index in [0.717, 1.165) is 10.8 Å². The number of rotatable bonds is 6. The molecule has 17 aromatic rings. The highest BCUT2D eigenvalue weighted by atomic mass is 15.0. The van der Waals surface area contributed by atoms with Crippen LogP contribution in [0.3, 0.4) is 0 Å². The summed E-state index contributed by atoms with van der Waals surface area (Å²) in [6.07, 6.45) is 2.90. The molecule has 0 amide bonds. The zero-order valence-corrected chi connectivity index (χ0v) is 67.8. The summed E-state index contributed by atoms with van der Waals surface area (Å²) in [5, 5.41) is 14.8. The number of hydrogen-bond acceptors (Lipinski definition) is 0. The molecule has 0 aliphatic heterocycles. The highest BCUT2D eigenvalue weighted by Crippen LogP contribution is 2.51. The molecule has 18 rings (SSSR count). The van der Waals surface area contributed by atoms with Crippen molar-refractivity contribution in [2.75, 3.05) is 0 Å². The van der Waals surface area contributed by atoms with E-state index in [1.807, 2.05) is 24.3 Å². The zero-order chi connectivity index (χ0) is 83.4. The molecule has 1 aliphatic rings. The van der Waals surface area contributed by atoms with E-state index in [-0.39, 0.29) is 11.0 Å². The van der Waals surface area contributed by atoms with E-state index >= 15 is 0 Å². The average molecular weight is 1460 g/mol. The Balaban J connectivity index is 0.000000121. The van der Waals surface area contributed by atoms with Crippen LogP contribution in [0.2, 0.25) is 0 Å². The van der Waals surface area contributed by atoms with Gasteiger partial charge in [-0.3, -0.25) is 0 Å². The summed E-state index contributed by atoms with van der Waals surface area (Å²) in [5.74, 6) is 0. The van der Waals surface area contributed by atoms with Crippen LogP contribution in [0, 0.1) is 76.1 Å². The molecule has 5 nitrogen and oxygen atoms in total. The van der Waals surface area contributed by atoms with Crippen LogP contribution in [0.4, 0.5) is 0 Å². The third-order valence-electron chi connectivity index (χ3n) is 23.0. The normalized spacial score (nSPS) is 12.9. The van der Waals surface area contributed by atoms with E-state index in [1.165, 1.54) is 184 Å². The van der Waals surface area contributed by atoms with Crippen molar-refractivity contribution in [3.05, 3.63) is 364 Å². The molecule has 5 heteroatoms. The van der Waals surface area contributed by atoms with Crippen molar-refractivity contribution in [2.45, 2.75) is 109 Å². The highest BCUT2D eigenvalue weighted by molar-refractivity contribution is 6.00. The Bertz CT molecular complexity index is 6780. The van der Waals surface area contributed by atoms with Crippen LogP contribution in [0.5, 0.6) is 0 Å². The van der Waals surface area contributed by atoms with Crippen LogP contribution >= 0.6 is 0 Å². The van der Waals surface area contributed by atoms with Crippen LogP contribution in [0.15, 0.2) is 285 Å². The van der Waals surface area contributed by atoms with Gasteiger partial charge in [-0.1, -0.05) is 213 Å². The molecule has 5 heterocycles. The minimum absolute atomic E-state index is 0.0204. The van der Waals surface area contributed by atoms with Gasteiger partial charge in [0, 0.05) is 67.6 Å². The van der Waals surface area contributed by atoms with E-state index in [1.54, 1.807) is 30.7 Å². The fourth-order valence-electron chi connectivity index (χ4n) is 16.7. The monoisotopic (exact) mass is 1450 g/mol. The average Bonchev–Trinajstić information content (AvgIpc) is 1.59. The maximum absolute atomic E-state index is 8.29. The van der Waals surface area contributed by atoms with Crippen molar-refractivity contribution in [1.82, 2.24) is 0 Å². The van der Waals surface area contributed by atoms with Gasteiger partial charge >= 0.3 is 0 Å². The second kappa shape index (κ2) is 31.5. The predicted octanol–water partition coefficient (Wildman–Crippen LogP) is 24.1. The molecule has 0 saturated heterocycles. The van der Waals surface area contributed by atoms with E-state index < -0.39 is 13.2 Å². The smallest absolute Gasteiger partial charge is 0.200 e. The minimum Gasteiger partial charge on any atom is -0.200 e. The summed E-state index contributed by atoms with van der Waals surface area (Å²) in [6.45, 7) is 25.2. The molecule has 0 saturated carbocycles. The maximum atomic E-state index is 8.29. The number of pyridine rings is 5. The Kier molecular flexibility index (Phi) is 19.4. The van der Waals surface area contributed by atoms with Crippen LogP contribution < -0.4 is 22.8 Å². The van der Waals surface area contributed by atoms with Gasteiger partial charge in [0.2, 0.25) is 28.5 Å². The summed E-state index contributed by atoms with van der Waals surface area (Å²) in [4.78, 5) is 0. The van der Waals surface area contributed by atoms with Crippen molar-refractivity contribution in [1.29, 1.82) is 0 Å². The molecule has 0 radical (unpaired) electrons. The second-order valence-corrected chi connectivity index (χ2v) is 31.0. The third-order valence-corrected chi connectivity index (χ3v) is 23.0. The molecule has 5 aromatic heterocycles. The summed E-state index contributed by atoms with van der Waals surface area (Å²) in [6, 6.07) is 94.2. The van der Waals surface area contributed by atoms with Crippen LogP contribution in [-0.2, 0) is 47.0 Å². The molecule has 1 aliphatic carbocycles. The molecular weight excluding hydrogens is 1340 g/mol. The lowest BCUT2D eigenvalue weighted by Gasteiger charge is -2.22. The van der Waals surface area contributed by atoms with E-state index in [0.29, 0.717) is 28.6 Å². The van der Waals surface area contributed by atoms with Gasteiger partial charge in [-0.15, -0.1) is 0 Å². The third kappa shape index (κ3) is 14.9. The Morgan fingerprint density at radius 2 is 0.730 bits per heavy atom. The van der Waals surface area contributed by atoms with E-state index in [2.05, 4.69) is 359 Å². The summed E-state index contributed by atoms with van der Waals surface area (Å²) >= 11 is 0. The highest BCUT2D eigenvalue weighted by Gasteiger charge is 2.37. The van der Waals surface area contributed by atoms with Gasteiger partial charge in [0.1, 0.15) is 36.6 Å². The minimum atomic E-state index is -2.35. The Morgan fingerprint density at radius 3 is 1.31 bits per heavy atom. The van der Waals surface area contributed by atoms with Crippen molar-refractivity contribution < 1.29 is 31.1 Å². The number of hydrogen-bond donors (Lipinski definition) is 0. The summed E-state index contributed by atoms with van der Waals surface area (Å²) in [5.41, 5.74) is 30.3. The first-order valence-corrected chi connectivity index (χ1v) is 38.7. The lowest BCUT2D eigenvalue weighted by molar-refractivity contribution is -0.665. The topological polar surface area (TPSA) is 19.4 Å². The lowest BCUT2D eigenvalue weighted by Crippen LogP contribution is -2.35. The largest absolute Gasteiger partial charge is 0.220 e. The number of aromatic nitrogens is 5. The fraction of sp³-hybridized carbons (Fsp3) is 0.198. The maximum Gasteiger partial charge on any atom is 0.220 e. The molecule has 0 N–H and O–H groups in total. The molecule has 0 bridgehead atoms. The quantitative estimate of drug-likeness (QED) is 0.148. The first-order chi connectivity index (χ1) is 55.7. The fourth-order valence-corrected chi connectivity index (χ4v) is 16.7. The Morgan fingerprint density at radius 1 is 0.306 bits per heavy atom. The van der Waals surface area contributed by atoms with Gasteiger partial charge in [-0.25, -0.2) is 13.7 Å². The van der Waals surface area contributed by atoms with Gasteiger partial charge in [0.25, 0.3) is 0 Å². The van der Waals surface area contributed by atoms with E-state index in [9.17, 15) is 0 Å². The van der Waals surface area contributed by atoms with Crippen molar-refractivity contribution in [2.24, 2.45) is 35.2 Å². The zero-order valence-electron chi connectivity index (χ0n) is 73.8. The van der Waals surface area contributed by atoms with Gasteiger partial charge in [0.15, 0.2) is 30.0 Å². The molecule has 12 aromatic carbocycles. The molecule has 0 atom stereocenters. The summed E-state index contributed by atoms with van der Waals surface area (Å²) < 4.78 is 58.9. The van der Waals surface area contributed by atoms with Crippen LogP contribution in [-0.4, -0.2) is 0 Å². The molecule has 0 unspecified atom stereocenters. The van der Waals surface area contributed by atoms with Crippen molar-refractivity contribution in [3.63, 3.8) is 0 Å². The Hall–Kier alpha value is -12.1. The first-order valence-electron chi connectivity index (χ1n) is 41.7. The van der Waals surface area contributed by atoms with Gasteiger partial charge < -0.3 is 0 Å². The number of benzene rings is 12. The molecule has 0 fully saturated rings. The second-order valence-electron chi connectivity index (χ2n) is 31.0. The standard InChI is InChI=1S/C27H26N.C22H20N.C20H22N.C19H20N.C18H18N/c1-17-14-23-21-12-8-9-13-24(21)27(3,4)25(23)16-22(17)26-20-11-7-6-10-19(20)15-18(2)28(26)5;1-15-12-17-8-4-5-9-18(17)14-21(15)22-20-11-7-6-10-19(20)13-16(2)23(22)3;1-5-16-12-14(2)13-19(15(16)3)20-18-9-7-6-8-17(18)10-11-21(20)4;1-13-6-8-17-16(11-13)9-10-20(4)19(17)18-12-14(2)5-7-15(18)3;1-13-8-9-17-15(12-13)10-11-19(3)18(17)16-7-5-4-6-14(16)2/h6-16H,1-5H3;4-14H,1-3H3;6-13H,5H2,1-4H3;5-12H,1-4H3;4-12H,1-3H3/q5*+1/i;;2D3,5D2,11D;;. The predicted molar refractivity (Wildman–Crippen MR) is 469 cm³/mol. The van der Waals surface area contributed by atoms with Gasteiger partial charge in [0.05, 0.1) is 43.6 Å². The molecule has 111 heavy (non-hydrogen) atoms. The first kappa shape index (κ1) is 68.2. The SMILES string of the molecule is Cc1cc2c(cc1-c1c3ccccc3cc(C)[n+]1C)C(C)(C)c1ccccc1-2.Cc1cc2ccccc2cc1-c1c2ccccc2cc(C)[n+]1C.Cc1ccc(C)c(-c2c3ccc(C)cc3cc[n+]2C)c1.Cc1ccc2c(-c3ccccc3C)[n+](C)ccc2c1.[2H]c1cc2ccccc2c(-c2cc(C([2H])([2H])[2H])cc(C([2H])([2H])C)c2C)[n+]1C. The number of fused-ring (bicyclic) bond motifs is 9. The van der Waals surface area contributed by atoms with Gasteiger partial charge in [-0.2, -0.15) is 9.13 Å². The molecule has 550 valence electrons. The van der Waals surface area contributed by atoms with E-state index in [4.69, 9.17) is 8.22 Å². The summed E-state index contributed by atoms with van der Waals surface area (Å²) in [7, 11) is 10.3. The van der Waals surface area contributed by atoms with Gasteiger partial charge in [-0.05, 0) is 228 Å². The number of nitrogens with zero attached hydrogens (tertiary/aromatic N) is 5. The lowest BCUT2D eigenvalue weighted by atomic mass is 9.81. The van der Waals surface area contributed by atoms with Crippen LogP contribution in [0.1, 0.15) is 107 Å². The van der Waals surface area contributed by atoms with Crippen LogP contribution in [0.25, 0.3) is 132 Å². The molecular formula is C106H106N5+5. The molecule has 0 spiro atoms. The number of aryl methyl sites for hydroxylation is 13. The Labute approximate surface area is 666 Å².